The fourth-order valence-electron chi connectivity index (χ4n) is 6.58. The predicted molar refractivity (Wildman–Crippen MR) is 168 cm³/mol. The van der Waals surface area contributed by atoms with Gasteiger partial charge in [-0.25, -0.2) is 4.79 Å². The van der Waals surface area contributed by atoms with Crippen LogP contribution in [-0.2, 0) is 11.2 Å². The first kappa shape index (κ1) is 27.7. The number of fused-ring (bicyclic) bond motifs is 2. The fourth-order valence-corrected chi connectivity index (χ4v) is 6.58. The molecule has 6 nitrogen and oxygen atoms in total. The van der Waals surface area contributed by atoms with Crippen LogP contribution in [0.5, 0.6) is 0 Å². The van der Waals surface area contributed by atoms with Gasteiger partial charge in [0.15, 0.2) is 0 Å². The molecule has 0 saturated heterocycles. The number of aliphatic carboxylic acids is 1. The fraction of sp³-hybridized carbons (Fsp3) is 0.278. The van der Waals surface area contributed by atoms with Gasteiger partial charge in [0.1, 0.15) is 6.04 Å². The summed E-state index contributed by atoms with van der Waals surface area (Å²) in [6.45, 7) is 2.25. The summed E-state index contributed by atoms with van der Waals surface area (Å²) in [6, 6.07) is 30.2. The van der Waals surface area contributed by atoms with Crippen molar-refractivity contribution in [2.45, 2.75) is 63.1 Å². The minimum atomic E-state index is -1.05. The monoisotopic (exact) mass is 559 g/mol. The molecule has 5 aromatic rings. The molecule has 1 saturated carbocycles. The molecule has 6 rings (SSSR count). The Bertz CT molecular complexity index is 1700. The van der Waals surface area contributed by atoms with Gasteiger partial charge >= 0.3 is 5.97 Å². The summed E-state index contributed by atoms with van der Waals surface area (Å²) < 4.78 is 0. The molecule has 1 aliphatic carbocycles. The highest BCUT2D eigenvalue weighted by Gasteiger charge is 2.26. The first-order valence-electron chi connectivity index (χ1n) is 14.9. The zero-order valence-electron chi connectivity index (χ0n) is 23.8. The van der Waals surface area contributed by atoms with Crippen molar-refractivity contribution in [2.75, 3.05) is 0 Å². The normalized spacial score (nSPS) is 18.5. The summed E-state index contributed by atoms with van der Waals surface area (Å²) >= 11 is 0. The molecule has 0 bridgehead atoms. The summed E-state index contributed by atoms with van der Waals surface area (Å²) in [5.41, 5.74) is 4.84. The van der Waals surface area contributed by atoms with E-state index in [9.17, 15) is 14.7 Å². The van der Waals surface area contributed by atoms with Gasteiger partial charge in [0, 0.05) is 41.2 Å². The second-order valence-electron chi connectivity index (χ2n) is 11.6. The number of rotatable bonds is 9. The second kappa shape index (κ2) is 12.2. The number of aromatic amines is 1. The van der Waals surface area contributed by atoms with Gasteiger partial charge in [-0.2, -0.15) is 0 Å². The van der Waals surface area contributed by atoms with E-state index in [0.717, 1.165) is 42.1 Å². The summed E-state index contributed by atoms with van der Waals surface area (Å²) in [4.78, 5) is 28.2. The number of hydrogen-bond acceptors (Lipinski definition) is 3. The topological polar surface area (TPSA) is 94.2 Å². The number of nitrogens with one attached hydrogen (secondary N) is 3. The molecule has 0 aliphatic heterocycles. The van der Waals surface area contributed by atoms with Gasteiger partial charge < -0.3 is 20.7 Å². The largest absolute Gasteiger partial charge is 0.480 e. The lowest BCUT2D eigenvalue weighted by Gasteiger charge is -2.32. The second-order valence-corrected chi connectivity index (χ2v) is 11.6. The lowest BCUT2D eigenvalue weighted by Crippen LogP contribution is -2.42. The van der Waals surface area contributed by atoms with Crippen molar-refractivity contribution in [1.82, 2.24) is 15.6 Å². The van der Waals surface area contributed by atoms with Crippen molar-refractivity contribution in [3.8, 4) is 0 Å². The van der Waals surface area contributed by atoms with Gasteiger partial charge in [-0.05, 0) is 77.8 Å². The van der Waals surface area contributed by atoms with Gasteiger partial charge in [-0.3, -0.25) is 4.79 Å². The smallest absolute Gasteiger partial charge is 0.326 e. The summed E-state index contributed by atoms with van der Waals surface area (Å²) in [7, 11) is 0. The number of carbonyl (C=O) groups excluding carboxylic acids is 1. The van der Waals surface area contributed by atoms with E-state index in [0.29, 0.717) is 17.5 Å². The molecule has 4 N–H and O–H groups in total. The van der Waals surface area contributed by atoms with Crippen LogP contribution in [0.25, 0.3) is 21.7 Å². The lowest BCUT2D eigenvalue weighted by molar-refractivity contribution is -0.139. The minimum Gasteiger partial charge on any atom is -0.480 e. The Hall–Kier alpha value is -4.42. The van der Waals surface area contributed by atoms with Crippen LogP contribution in [0.15, 0.2) is 97.2 Å². The van der Waals surface area contributed by atoms with E-state index < -0.39 is 12.0 Å². The zero-order valence-corrected chi connectivity index (χ0v) is 23.8. The van der Waals surface area contributed by atoms with E-state index in [-0.39, 0.29) is 18.4 Å². The number of benzene rings is 4. The molecular formula is C36H37N3O3. The quantitative estimate of drug-likeness (QED) is 0.155. The SMILES string of the molecule is C[C@@H](N[C@H]1CCC[C@H](c2ccc(C(=O)N[C@H](Cc3c[nH]c4ccccc34)C(=O)O)cc2)C1)c1cccc2ccccc12. The van der Waals surface area contributed by atoms with Crippen molar-refractivity contribution >= 4 is 33.6 Å². The average molecular weight is 560 g/mol. The number of carboxylic acids is 1. The van der Waals surface area contributed by atoms with Gasteiger partial charge in [-0.15, -0.1) is 0 Å². The molecule has 1 fully saturated rings. The molecule has 0 unspecified atom stereocenters. The number of carbonyl (C=O) groups is 2. The van der Waals surface area contributed by atoms with Crippen molar-refractivity contribution in [3.63, 3.8) is 0 Å². The molecule has 1 aromatic heterocycles. The first-order chi connectivity index (χ1) is 20.5. The Kier molecular flexibility index (Phi) is 8.06. The standard InChI is InChI=1S/C36H37N3O3/c1-23(30-14-7-9-25-8-2-3-12-31(25)30)38-29-11-6-10-27(20-29)24-16-18-26(19-17-24)35(40)39-34(36(41)42)21-28-22-37-33-15-5-4-13-32(28)33/h2-5,7-9,12-19,22-23,27,29,34,37-38H,6,10-11,20-21H2,1H3,(H,39,40)(H,41,42)/t23-,27+,29+,34-/m1/s1. The number of H-pyrrole nitrogens is 1. The summed E-state index contributed by atoms with van der Waals surface area (Å²) in [6.07, 6.45) is 6.50. The van der Waals surface area contributed by atoms with Crippen LogP contribution in [-0.4, -0.2) is 34.1 Å². The van der Waals surface area contributed by atoms with Crippen LogP contribution in [0.3, 0.4) is 0 Å². The predicted octanol–water partition coefficient (Wildman–Crippen LogP) is 7.12. The van der Waals surface area contributed by atoms with E-state index in [1.54, 1.807) is 0 Å². The van der Waals surface area contributed by atoms with E-state index >= 15 is 0 Å². The van der Waals surface area contributed by atoms with E-state index in [4.69, 9.17) is 0 Å². The van der Waals surface area contributed by atoms with Gasteiger partial charge in [-0.1, -0.05) is 79.2 Å². The summed E-state index contributed by atoms with van der Waals surface area (Å²) in [5.74, 6) is -1.01. The van der Waals surface area contributed by atoms with Crippen molar-refractivity contribution in [3.05, 3.63) is 119 Å². The number of aromatic nitrogens is 1. The van der Waals surface area contributed by atoms with Crippen molar-refractivity contribution in [2.24, 2.45) is 0 Å². The van der Waals surface area contributed by atoms with Crippen molar-refractivity contribution < 1.29 is 14.7 Å². The van der Waals surface area contributed by atoms with Gasteiger partial charge in [0.05, 0.1) is 0 Å². The average Bonchev–Trinajstić information content (AvgIpc) is 3.43. The Balaban J connectivity index is 1.08. The number of amides is 1. The molecule has 214 valence electrons. The van der Waals surface area contributed by atoms with Crippen LogP contribution in [0.4, 0.5) is 0 Å². The maximum atomic E-state index is 13.0. The maximum absolute atomic E-state index is 13.0. The molecule has 1 heterocycles. The van der Waals surface area contributed by atoms with E-state index in [1.165, 1.54) is 21.9 Å². The molecule has 42 heavy (non-hydrogen) atoms. The Labute approximate surface area is 246 Å². The third kappa shape index (κ3) is 5.95. The first-order valence-corrected chi connectivity index (χ1v) is 14.9. The number of carboxylic acid groups (broad SMARTS) is 1. The van der Waals surface area contributed by atoms with Crippen molar-refractivity contribution in [1.29, 1.82) is 0 Å². The van der Waals surface area contributed by atoms with Crippen LogP contribution >= 0.6 is 0 Å². The number of para-hydroxylation sites is 1. The van der Waals surface area contributed by atoms with Crippen LogP contribution in [0.2, 0.25) is 0 Å². The molecular weight excluding hydrogens is 522 g/mol. The molecule has 0 spiro atoms. The number of hydrogen-bond donors (Lipinski definition) is 4. The minimum absolute atomic E-state index is 0.205. The Morgan fingerprint density at radius 2 is 1.64 bits per heavy atom. The molecule has 1 amide bonds. The highest BCUT2D eigenvalue weighted by atomic mass is 16.4. The molecule has 1 aliphatic rings. The third-order valence-electron chi connectivity index (χ3n) is 8.80. The molecule has 4 atom stereocenters. The Morgan fingerprint density at radius 3 is 2.45 bits per heavy atom. The maximum Gasteiger partial charge on any atom is 0.326 e. The van der Waals surface area contributed by atoms with Gasteiger partial charge in [0.2, 0.25) is 0 Å². The summed E-state index contributed by atoms with van der Waals surface area (Å²) in [5, 5.41) is 20.0. The lowest BCUT2D eigenvalue weighted by atomic mass is 9.80. The van der Waals surface area contributed by atoms with Crippen LogP contribution in [0.1, 0.15) is 71.6 Å². The van der Waals surface area contributed by atoms with Crippen LogP contribution in [0, 0.1) is 0 Å². The highest BCUT2D eigenvalue weighted by Crippen LogP contribution is 2.35. The Morgan fingerprint density at radius 1 is 0.905 bits per heavy atom. The van der Waals surface area contributed by atoms with Crippen LogP contribution < -0.4 is 10.6 Å². The zero-order chi connectivity index (χ0) is 29.1. The highest BCUT2D eigenvalue weighted by molar-refractivity contribution is 5.97. The molecule has 6 heteroatoms. The molecule has 4 aromatic carbocycles. The molecule has 0 radical (unpaired) electrons. The third-order valence-corrected chi connectivity index (χ3v) is 8.80. The van der Waals surface area contributed by atoms with Gasteiger partial charge in [0.25, 0.3) is 5.91 Å². The van der Waals surface area contributed by atoms with E-state index in [2.05, 4.69) is 65.0 Å². The van der Waals surface area contributed by atoms with E-state index in [1.807, 2.05) is 54.7 Å².